The molecule has 0 bridgehead atoms. The van der Waals surface area contributed by atoms with Crippen molar-refractivity contribution in [1.29, 1.82) is 0 Å². The zero-order valence-corrected chi connectivity index (χ0v) is 8.71. The van der Waals surface area contributed by atoms with Crippen LogP contribution < -0.4 is 5.32 Å². The van der Waals surface area contributed by atoms with Gasteiger partial charge in [-0.05, 0) is 13.6 Å². The Hall–Kier alpha value is -0.610. The molecule has 4 nitrogen and oxygen atoms in total. The monoisotopic (exact) mass is 185 g/mol. The number of hydrogen-bond donors (Lipinski definition) is 1. The normalized spacial score (nSPS) is 20.6. The lowest BCUT2D eigenvalue weighted by Crippen LogP contribution is -2.59. The van der Waals surface area contributed by atoms with E-state index in [2.05, 4.69) is 29.3 Å². The lowest BCUT2D eigenvalue weighted by molar-refractivity contribution is 0.167. The van der Waals surface area contributed by atoms with Crippen molar-refractivity contribution < 1.29 is 4.84 Å². The second-order valence-electron chi connectivity index (χ2n) is 3.71. The Morgan fingerprint density at radius 3 is 2.69 bits per heavy atom. The van der Waals surface area contributed by atoms with Crippen LogP contribution in [0.25, 0.3) is 0 Å². The van der Waals surface area contributed by atoms with Gasteiger partial charge in [0.1, 0.15) is 7.11 Å². The molecule has 1 fully saturated rings. The molecular formula is C9H19N3O. The molecule has 0 aromatic carbocycles. The first-order chi connectivity index (χ1) is 6.22. The highest BCUT2D eigenvalue weighted by atomic mass is 16.6. The third-order valence-electron chi connectivity index (χ3n) is 2.51. The van der Waals surface area contributed by atoms with E-state index in [1.54, 1.807) is 7.11 Å². The second kappa shape index (κ2) is 4.58. The Bertz CT molecular complexity index is 178. The summed E-state index contributed by atoms with van der Waals surface area (Å²) in [5.74, 6) is 0. The van der Waals surface area contributed by atoms with Crippen LogP contribution in [0.1, 0.15) is 6.92 Å². The fourth-order valence-corrected chi connectivity index (χ4v) is 1.50. The average Bonchev–Trinajstić information content (AvgIpc) is 2.09. The van der Waals surface area contributed by atoms with E-state index in [1.807, 2.05) is 6.21 Å². The van der Waals surface area contributed by atoms with E-state index >= 15 is 0 Å². The Morgan fingerprint density at radius 2 is 2.31 bits per heavy atom. The van der Waals surface area contributed by atoms with Crippen LogP contribution in [-0.4, -0.2) is 51.5 Å². The summed E-state index contributed by atoms with van der Waals surface area (Å²) in [6, 6.07) is 0. The lowest BCUT2D eigenvalue weighted by Gasteiger charge is -2.41. The zero-order valence-electron chi connectivity index (χ0n) is 8.71. The predicted molar refractivity (Wildman–Crippen MR) is 54.0 cm³/mol. The van der Waals surface area contributed by atoms with Gasteiger partial charge in [0.2, 0.25) is 0 Å². The molecule has 1 aliphatic rings. The molecule has 0 aromatic heterocycles. The second-order valence-corrected chi connectivity index (χ2v) is 3.71. The van der Waals surface area contributed by atoms with Crippen molar-refractivity contribution in [2.75, 3.05) is 40.3 Å². The standard InChI is InChI=1S/C9H19N3O/c1-4-12(2)8-9(5-10-6-9)7-11-13-3/h7,10H,4-6,8H2,1-3H3/b11-7+. The minimum absolute atomic E-state index is 0.195. The van der Waals surface area contributed by atoms with Crippen LogP contribution in [0.15, 0.2) is 5.16 Å². The van der Waals surface area contributed by atoms with E-state index in [4.69, 9.17) is 4.84 Å². The third kappa shape index (κ3) is 2.67. The van der Waals surface area contributed by atoms with Gasteiger partial charge in [-0.3, -0.25) is 0 Å². The highest BCUT2D eigenvalue weighted by molar-refractivity contribution is 5.67. The van der Waals surface area contributed by atoms with E-state index < -0.39 is 0 Å². The van der Waals surface area contributed by atoms with E-state index in [0.29, 0.717) is 0 Å². The van der Waals surface area contributed by atoms with Gasteiger partial charge >= 0.3 is 0 Å². The van der Waals surface area contributed by atoms with Crippen molar-refractivity contribution in [3.05, 3.63) is 0 Å². The molecule has 13 heavy (non-hydrogen) atoms. The summed E-state index contributed by atoms with van der Waals surface area (Å²) in [4.78, 5) is 7.01. The van der Waals surface area contributed by atoms with Crippen molar-refractivity contribution in [2.45, 2.75) is 6.92 Å². The Kier molecular flexibility index (Phi) is 3.69. The third-order valence-corrected chi connectivity index (χ3v) is 2.51. The quantitative estimate of drug-likeness (QED) is 0.489. The maximum absolute atomic E-state index is 4.71. The average molecular weight is 185 g/mol. The van der Waals surface area contributed by atoms with Crippen molar-refractivity contribution in [1.82, 2.24) is 10.2 Å². The van der Waals surface area contributed by atoms with Crippen LogP contribution in [0.4, 0.5) is 0 Å². The van der Waals surface area contributed by atoms with Gasteiger partial charge in [0.15, 0.2) is 0 Å². The summed E-state index contributed by atoms with van der Waals surface area (Å²) >= 11 is 0. The SMILES string of the molecule is CCN(C)CC1(/C=N/OC)CNC1. The molecule has 1 saturated heterocycles. The molecule has 0 atom stereocenters. The minimum atomic E-state index is 0.195. The number of oxime groups is 1. The number of nitrogens with zero attached hydrogens (tertiary/aromatic N) is 2. The molecule has 0 radical (unpaired) electrons. The van der Waals surface area contributed by atoms with Gasteiger partial charge in [-0.1, -0.05) is 12.1 Å². The topological polar surface area (TPSA) is 36.9 Å². The van der Waals surface area contributed by atoms with Crippen molar-refractivity contribution in [3.8, 4) is 0 Å². The maximum atomic E-state index is 4.71. The molecule has 4 heteroatoms. The summed E-state index contributed by atoms with van der Waals surface area (Å²) in [5.41, 5.74) is 0.195. The molecule has 0 spiro atoms. The van der Waals surface area contributed by atoms with Gasteiger partial charge in [0.25, 0.3) is 0 Å². The number of rotatable bonds is 5. The van der Waals surface area contributed by atoms with Gasteiger partial charge in [-0.15, -0.1) is 0 Å². The van der Waals surface area contributed by atoms with Crippen LogP contribution in [0.3, 0.4) is 0 Å². The molecule has 0 unspecified atom stereocenters. The van der Waals surface area contributed by atoms with Crippen LogP contribution in [0.5, 0.6) is 0 Å². The van der Waals surface area contributed by atoms with Crippen LogP contribution >= 0.6 is 0 Å². The van der Waals surface area contributed by atoms with Gasteiger partial charge in [0, 0.05) is 25.0 Å². The highest BCUT2D eigenvalue weighted by Gasteiger charge is 2.36. The first-order valence-corrected chi connectivity index (χ1v) is 4.69. The Balaban J connectivity index is 2.44. The molecule has 0 amide bonds. The molecule has 0 aliphatic carbocycles. The Labute approximate surface area is 79.9 Å². The van der Waals surface area contributed by atoms with E-state index in [0.717, 1.165) is 26.2 Å². The van der Waals surface area contributed by atoms with Crippen molar-refractivity contribution >= 4 is 6.21 Å². The fourth-order valence-electron chi connectivity index (χ4n) is 1.50. The van der Waals surface area contributed by atoms with Gasteiger partial charge in [-0.25, -0.2) is 0 Å². The smallest absolute Gasteiger partial charge is 0.106 e. The first kappa shape index (κ1) is 10.5. The van der Waals surface area contributed by atoms with Gasteiger partial charge in [-0.2, -0.15) is 0 Å². The first-order valence-electron chi connectivity index (χ1n) is 4.69. The molecule has 1 aliphatic heterocycles. The summed E-state index contributed by atoms with van der Waals surface area (Å²) < 4.78 is 0. The lowest BCUT2D eigenvalue weighted by atomic mass is 9.82. The summed E-state index contributed by atoms with van der Waals surface area (Å²) in [6.45, 7) is 6.29. The zero-order chi connectivity index (χ0) is 9.73. The predicted octanol–water partition coefficient (Wildman–Crippen LogP) is 0.160. The number of hydrogen-bond acceptors (Lipinski definition) is 4. The van der Waals surface area contributed by atoms with E-state index in [-0.39, 0.29) is 5.41 Å². The minimum Gasteiger partial charge on any atom is -0.399 e. The molecular weight excluding hydrogens is 166 g/mol. The molecule has 0 aromatic rings. The summed E-state index contributed by atoms with van der Waals surface area (Å²) in [7, 11) is 3.71. The fraction of sp³-hybridized carbons (Fsp3) is 0.889. The van der Waals surface area contributed by atoms with Crippen molar-refractivity contribution in [3.63, 3.8) is 0 Å². The summed E-state index contributed by atoms with van der Waals surface area (Å²) in [5, 5.41) is 7.13. The van der Waals surface area contributed by atoms with Gasteiger partial charge in [0.05, 0.1) is 6.21 Å². The molecule has 1 N–H and O–H groups in total. The molecule has 0 saturated carbocycles. The molecule has 1 heterocycles. The van der Waals surface area contributed by atoms with E-state index in [1.165, 1.54) is 0 Å². The maximum Gasteiger partial charge on any atom is 0.106 e. The largest absolute Gasteiger partial charge is 0.399 e. The number of nitrogens with one attached hydrogen (secondary N) is 1. The van der Waals surface area contributed by atoms with Crippen LogP contribution in [0.2, 0.25) is 0 Å². The van der Waals surface area contributed by atoms with Gasteiger partial charge < -0.3 is 15.1 Å². The highest BCUT2D eigenvalue weighted by Crippen LogP contribution is 2.20. The van der Waals surface area contributed by atoms with Crippen LogP contribution in [-0.2, 0) is 4.84 Å². The van der Waals surface area contributed by atoms with E-state index in [9.17, 15) is 0 Å². The Morgan fingerprint density at radius 1 is 1.62 bits per heavy atom. The molecule has 76 valence electrons. The van der Waals surface area contributed by atoms with Crippen molar-refractivity contribution in [2.24, 2.45) is 10.6 Å². The summed E-state index contributed by atoms with van der Waals surface area (Å²) in [6.07, 6.45) is 1.93. The van der Waals surface area contributed by atoms with Crippen LogP contribution in [0, 0.1) is 5.41 Å². The molecule has 1 rings (SSSR count).